The molecule has 5 heteroatoms. The van der Waals surface area contributed by atoms with Crippen molar-refractivity contribution in [2.75, 3.05) is 19.5 Å². The van der Waals surface area contributed by atoms with Crippen LogP contribution in [0, 0.1) is 0 Å². The SMILES string of the molecule is CNc1nc2ccccc2[nH]1.COC(C)=O. The summed E-state index contributed by atoms with van der Waals surface area (Å²) < 4.78 is 4.11. The molecule has 86 valence electrons. The summed E-state index contributed by atoms with van der Waals surface area (Å²) in [7, 11) is 3.19. The Bertz CT molecular complexity index is 432. The zero-order chi connectivity index (χ0) is 12.0. The standard InChI is InChI=1S/C8H9N3.C3H6O2/c1-9-8-10-6-4-2-3-5-7(6)11-8;1-3(4)5-2/h2-5H,1H3,(H2,9,10,11);1-2H3. The van der Waals surface area contributed by atoms with Gasteiger partial charge in [0, 0.05) is 14.0 Å². The molecule has 0 unspecified atom stereocenters. The highest BCUT2D eigenvalue weighted by Crippen LogP contribution is 2.11. The molecule has 0 saturated carbocycles. The van der Waals surface area contributed by atoms with Gasteiger partial charge in [-0.3, -0.25) is 4.79 Å². The largest absolute Gasteiger partial charge is 0.469 e. The van der Waals surface area contributed by atoms with Gasteiger partial charge in [0.15, 0.2) is 0 Å². The zero-order valence-electron chi connectivity index (χ0n) is 9.57. The van der Waals surface area contributed by atoms with Crippen molar-refractivity contribution < 1.29 is 9.53 Å². The van der Waals surface area contributed by atoms with E-state index in [1.165, 1.54) is 14.0 Å². The minimum Gasteiger partial charge on any atom is -0.469 e. The van der Waals surface area contributed by atoms with Crippen molar-refractivity contribution in [3.63, 3.8) is 0 Å². The van der Waals surface area contributed by atoms with E-state index in [9.17, 15) is 4.79 Å². The molecule has 0 fully saturated rings. The van der Waals surface area contributed by atoms with Crippen LogP contribution in [0.1, 0.15) is 6.92 Å². The van der Waals surface area contributed by atoms with Gasteiger partial charge in [-0.1, -0.05) is 12.1 Å². The van der Waals surface area contributed by atoms with E-state index in [-0.39, 0.29) is 5.97 Å². The number of nitrogens with zero attached hydrogens (tertiary/aromatic N) is 1. The summed E-state index contributed by atoms with van der Waals surface area (Å²) in [6.45, 7) is 1.36. The van der Waals surface area contributed by atoms with Crippen LogP contribution in [0.25, 0.3) is 11.0 Å². The highest BCUT2D eigenvalue weighted by molar-refractivity contribution is 5.77. The van der Waals surface area contributed by atoms with Gasteiger partial charge in [0.25, 0.3) is 0 Å². The van der Waals surface area contributed by atoms with E-state index in [0.717, 1.165) is 17.0 Å². The van der Waals surface area contributed by atoms with Gasteiger partial charge in [-0.15, -0.1) is 0 Å². The van der Waals surface area contributed by atoms with E-state index in [4.69, 9.17) is 0 Å². The molecule has 5 nitrogen and oxygen atoms in total. The normalized spacial score (nSPS) is 9.19. The van der Waals surface area contributed by atoms with E-state index >= 15 is 0 Å². The summed E-state index contributed by atoms with van der Waals surface area (Å²) in [6, 6.07) is 7.94. The minimum absolute atomic E-state index is 0.245. The van der Waals surface area contributed by atoms with Crippen molar-refractivity contribution in [3.8, 4) is 0 Å². The summed E-state index contributed by atoms with van der Waals surface area (Å²) >= 11 is 0. The van der Waals surface area contributed by atoms with E-state index in [1.54, 1.807) is 0 Å². The summed E-state index contributed by atoms with van der Waals surface area (Å²) in [4.78, 5) is 17.0. The monoisotopic (exact) mass is 221 g/mol. The molecule has 0 radical (unpaired) electrons. The molecule has 2 N–H and O–H groups in total. The molecule has 16 heavy (non-hydrogen) atoms. The number of nitrogens with one attached hydrogen (secondary N) is 2. The third-order valence-electron chi connectivity index (χ3n) is 1.91. The number of H-pyrrole nitrogens is 1. The summed E-state index contributed by atoms with van der Waals surface area (Å²) in [5, 5.41) is 2.95. The van der Waals surface area contributed by atoms with E-state index in [0.29, 0.717) is 0 Å². The first-order valence-corrected chi connectivity index (χ1v) is 4.84. The third-order valence-corrected chi connectivity index (χ3v) is 1.91. The number of anilines is 1. The van der Waals surface area contributed by atoms with Crippen LogP contribution in [0.3, 0.4) is 0 Å². The van der Waals surface area contributed by atoms with Crippen LogP contribution in [0.15, 0.2) is 24.3 Å². The van der Waals surface area contributed by atoms with E-state index < -0.39 is 0 Å². The Morgan fingerprint density at radius 3 is 2.56 bits per heavy atom. The molecule has 0 aliphatic heterocycles. The number of rotatable bonds is 1. The first kappa shape index (κ1) is 12.0. The number of aromatic amines is 1. The van der Waals surface area contributed by atoms with Gasteiger partial charge in [-0.05, 0) is 12.1 Å². The molecule has 1 aromatic heterocycles. The molecule has 0 atom stereocenters. The number of aromatic nitrogens is 2. The van der Waals surface area contributed by atoms with Crippen LogP contribution in [-0.2, 0) is 9.53 Å². The fraction of sp³-hybridized carbons (Fsp3) is 0.273. The van der Waals surface area contributed by atoms with Crippen LogP contribution in [-0.4, -0.2) is 30.1 Å². The van der Waals surface area contributed by atoms with Gasteiger partial charge < -0.3 is 15.0 Å². The fourth-order valence-corrected chi connectivity index (χ4v) is 1.07. The molecular weight excluding hydrogens is 206 g/mol. The van der Waals surface area contributed by atoms with Gasteiger partial charge in [0.1, 0.15) is 0 Å². The first-order valence-electron chi connectivity index (χ1n) is 4.84. The molecule has 1 heterocycles. The Hall–Kier alpha value is -2.04. The lowest BCUT2D eigenvalue weighted by atomic mass is 10.3. The number of hydrogen-bond acceptors (Lipinski definition) is 4. The van der Waals surface area contributed by atoms with Gasteiger partial charge in [-0.25, -0.2) is 4.98 Å². The van der Waals surface area contributed by atoms with Crippen molar-refractivity contribution in [1.29, 1.82) is 0 Å². The van der Waals surface area contributed by atoms with E-state index in [2.05, 4.69) is 20.0 Å². The molecule has 0 amide bonds. The number of carbonyl (C=O) groups is 1. The molecular formula is C11H15N3O2. The molecule has 2 aromatic rings. The molecule has 0 spiro atoms. The predicted octanol–water partition coefficient (Wildman–Crippen LogP) is 1.78. The summed E-state index contributed by atoms with van der Waals surface area (Å²) in [5.74, 6) is 0.566. The van der Waals surface area contributed by atoms with Crippen molar-refractivity contribution >= 4 is 23.0 Å². The smallest absolute Gasteiger partial charge is 0.302 e. The second-order valence-electron chi connectivity index (χ2n) is 3.05. The van der Waals surface area contributed by atoms with Crippen LogP contribution in [0.4, 0.5) is 5.95 Å². The highest BCUT2D eigenvalue weighted by Gasteiger charge is 1.96. The second kappa shape index (κ2) is 5.75. The van der Waals surface area contributed by atoms with Crippen LogP contribution in [0.5, 0.6) is 0 Å². The summed E-state index contributed by atoms with van der Waals surface area (Å²) in [5.41, 5.74) is 2.06. The number of ether oxygens (including phenoxy) is 1. The maximum Gasteiger partial charge on any atom is 0.302 e. The molecule has 0 aliphatic rings. The average molecular weight is 221 g/mol. The number of hydrogen-bond donors (Lipinski definition) is 2. The molecule has 0 aliphatic carbocycles. The Morgan fingerprint density at radius 1 is 1.44 bits per heavy atom. The number of imidazole rings is 1. The number of esters is 1. The van der Waals surface area contributed by atoms with Crippen LogP contribution < -0.4 is 5.32 Å². The molecule has 0 saturated heterocycles. The number of carbonyl (C=O) groups excluding carboxylic acids is 1. The maximum absolute atomic E-state index is 9.59. The quantitative estimate of drug-likeness (QED) is 0.720. The zero-order valence-corrected chi connectivity index (χ0v) is 9.57. The molecule has 1 aromatic carbocycles. The fourth-order valence-electron chi connectivity index (χ4n) is 1.07. The Morgan fingerprint density at radius 2 is 2.06 bits per heavy atom. The number of methoxy groups -OCH3 is 1. The van der Waals surface area contributed by atoms with Gasteiger partial charge >= 0.3 is 5.97 Å². The lowest BCUT2D eigenvalue weighted by Gasteiger charge is -1.86. The maximum atomic E-state index is 9.59. The van der Waals surface area contributed by atoms with E-state index in [1.807, 2.05) is 31.3 Å². The number of fused-ring (bicyclic) bond motifs is 1. The van der Waals surface area contributed by atoms with Gasteiger partial charge in [0.05, 0.1) is 18.1 Å². The molecule has 2 rings (SSSR count). The highest BCUT2D eigenvalue weighted by atomic mass is 16.5. The Labute approximate surface area is 93.8 Å². The Balaban J connectivity index is 0.000000221. The summed E-state index contributed by atoms with van der Waals surface area (Å²) in [6.07, 6.45) is 0. The lowest BCUT2D eigenvalue weighted by Crippen LogP contribution is -1.88. The Kier molecular flexibility index (Phi) is 4.32. The van der Waals surface area contributed by atoms with Crippen molar-refractivity contribution in [1.82, 2.24) is 9.97 Å². The predicted molar refractivity (Wildman–Crippen MR) is 63.3 cm³/mol. The first-order chi connectivity index (χ1) is 7.67. The van der Waals surface area contributed by atoms with Crippen molar-refractivity contribution in [2.24, 2.45) is 0 Å². The van der Waals surface area contributed by atoms with Crippen molar-refractivity contribution in [2.45, 2.75) is 6.92 Å². The van der Waals surface area contributed by atoms with Gasteiger partial charge in [-0.2, -0.15) is 0 Å². The van der Waals surface area contributed by atoms with Gasteiger partial charge in [0.2, 0.25) is 5.95 Å². The third kappa shape index (κ3) is 3.27. The minimum atomic E-state index is -0.245. The molecule has 0 bridgehead atoms. The van der Waals surface area contributed by atoms with Crippen LogP contribution >= 0.6 is 0 Å². The number of para-hydroxylation sites is 2. The second-order valence-corrected chi connectivity index (χ2v) is 3.05. The van der Waals surface area contributed by atoms with Crippen molar-refractivity contribution in [3.05, 3.63) is 24.3 Å². The number of benzene rings is 1. The average Bonchev–Trinajstić information content (AvgIpc) is 2.72. The topological polar surface area (TPSA) is 67.0 Å². The lowest BCUT2D eigenvalue weighted by molar-refractivity contribution is -0.137. The van der Waals surface area contributed by atoms with Crippen LogP contribution in [0.2, 0.25) is 0 Å².